The third-order valence-corrected chi connectivity index (χ3v) is 20.4. The van der Waals surface area contributed by atoms with Crippen LogP contribution in [0.5, 0.6) is 5.75 Å². The van der Waals surface area contributed by atoms with Crippen molar-refractivity contribution >= 4 is 105 Å². The number of carboxylic acids is 1. The van der Waals surface area contributed by atoms with Crippen molar-refractivity contribution in [3.8, 4) is 5.75 Å². The van der Waals surface area contributed by atoms with Crippen LogP contribution in [0.1, 0.15) is 104 Å². The van der Waals surface area contributed by atoms with E-state index in [4.69, 9.17) is 11.5 Å². The minimum absolute atomic E-state index is 0.0613. The summed E-state index contributed by atoms with van der Waals surface area (Å²) in [6.07, 6.45) is 4.43. The van der Waals surface area contributed by atoms with Crippen molar-refractivity contribution in [3.05, 3.63) is 160 Å². The number of aliphatic carboxylic acids is 1. The van der Waals surface area contributed by atoms with Crippen LogP contribution in [0.15, 0.2) is 110 Å². The zero-order chi connectivity index (χ0) is 71.6. The van der Waals surface area contributed by atoms with Crippen LogP contribution in [0.4, 0.5) is 8.78 Å². The number of carboxylic acid groups (broad SMARTS) is 1. The zero-order valence-corrected chi connectivity index (χ0v) is 56.7. The molecule has 3 aliphatic rings. The molecule has 0 spiro atoms. The van der Waals surface area contributed by atoms with Crippen LogP contribution in [-0.2, 0) is 89.9 Å². The topological polar surface area (TPSA) is 400 Å². The van der Waals surface area contributed by atoms with Gasteiger partial charge < -0.3 is 68.4 Å². The molecular weight excluding hydrogens is 1330 g/mol. The van der Waals surface area contributed by atoms with Gasteiger partial charge in [-0.3, -0.25) is 52.7 Å². The zero-order valence-electron chi connectivity index (χ0n) is 55.1. The second kappa shape index (κ2) is 34.8. The van der Waals surface area contributed by atoms with Crippen LogP contribution < -0.4 is 43.4 Å². The third-order valence-electron chi connectivity index (χ3n) is 18.2. The molecule has 29 heteroatoms. The van der Waals surface area contributed by atoms with E-state index in [0.717, 1.165) is 11.1 Å². The summed E-state index contributed by atoms with van der Waals surface area (Å²) in [4.78, 5) is 169. The molecule has 2 aromatic heterocycles. The number of phenols is 1. The van der Waals surface area contributed by atoms with Gasteiger partial charge in [-0.15, -0.1) is 0 Å². The van der Waals surface area contributed by atoms with Crippen LogP contribution in [0.25, 0.3) is 16.5 Å². The highest BCUT2D eigenvalue weighted by Crippen LogP contribution is 2.35. The highest BCUT2D eigenvalue weighted by molar-refractivity contribution is 7.98. The van der Waals surface area contributed by atoms with Crippen molar-refractivity contribution in [1.82, 2.24) is 51.8 Å². The smallest absolute Gasteiger partial charge is 0.305 e. The molecule has 0 unspecified atom stereocenters. The number of aromatic nitrogens is 3. The number of carbonyl (C=O) groups is 11. The number of hydrogen-bond acceptors (Lipinski definition) is 16. The number of benzene rings is 4. The molecule has 2 bridgehead atoms. The third kappa shape index (κ3) is 20.2. The molecule has 8 atom stereocenters. The molecule has 14 N–H and O–H groups in total. The molecule has 100 heavy (non-hydrogen) atoms. The molecule has 0 radical (unpaired) electrons. The number of nitrogens with two attached hydrogens (primary N) is 2. The summed E-state index contributed by atoms with van der Waals surface area (Å²) in [6, 6.07) is 12.9. The fourth-order valence-corrected chi connectivity index (χ4v) is 14.7. The summed E-state index contributed by atoms with van der Waals surface area (Å²) in [7, 11) is 0. The van der Waals surface area contributed by atoms with Gasteiger partial charge in [-0.2, -0.15) is 23.5 Å². The van der Waals surface area contributed by atoms with Gasteiger partial charge in [0.25, 0.3) is 0 Å². The minimum Gasteiger partial charge on any atom is -0.508 e. The number of phenolic OH excluding ortho intramolecular Hbond substituents is 1. The monoisotopic (exact) mass is 1410 g/mol. The van der Waals surface area contributed by atoms with Gasteiger partial charge in [0, 0.05) is 109 Å². The van der Waals surface area contributed by atoms with E-state index in [2.05, 4.69) is 46.9 Å². The van der Waals surface area contributed by atoms with E-state index >= 15 is 19.2 Å². The Bertz CT molecular complexity index is 4040. The highest BCUT2D eigenvalue weighted by atomic mass is 32.2. The lowest BCUT2D eigenvalue weighted by atomic mass is 9.86. The maximum Gasteiger partial charge on any atom is 0.305 e. The number of carbonyl (C=O) groups excluding carboxylic acids is 10. The van der Waals surface area contributed by atoms with Crippen molar-refractivity contribution in [2.45, 2.75) is 138 Å². The molecule has 0 saturated carbocycles. The molecule has 4 aromatic carbocycles. The molecule has 8 amide bonds. The second-order valence-electron chi connectivity index (χ2n) is 25.6. The van der Waals surface area contributed by atoms with Gasteiger partial charge in [-0.05, 0) is 127 Å². The first kappa shape index (κ1) is 74.5. The van der Waals surface area contributed by atoms with Gasteiger partial charge in [0.05, 0.1) is 30.7 Å². The normalized spacial score (nSPS) is 23.4. The van der Waals surface area contributed by atoms with Gasteiger partial charge in [0.2, 0.25) is 47.3 Å². The Labute approximate surface area is 583 Å². The number of primary amides is 1. The summed E-state index contributed by atoms with van der Waals surface area (Å²) < 4.78 is 29.8. The lowest BCUT2D eigenvalue weighted by Crippen LogP contribution is -2.61. The standard InChI is InChI=1S/C71H82F2N12O13S2/c1-71-19-4-21-85(71)70(98)60(24-40-8-15-51(86)16-9-40)84-68(96)58(31-50-34-76-39-79-50)82-69(97)59(32-63(90)91)83-67(95)57(26-44-11-10-43-12-13-48(72)29-53(43)44)81-66(94)56(27-46-33-77-55-17-14-49(73)30-54(46)55)80-62(89)35-78-65(93)45(7-3-20-74)25-52(87)18-22-99-36-41-5-2-6-42(23-41)37-100-38-47(64(75)92)28-61(71)88/h2,5-6,8-9,11-17,23,29-30,33-34,39,45,47,56-60,77,86H,3-4,7,10,18-22,24-28,31-32,35-38,74H2,1H3,(H2,75,92)(H,76,79)(H,78,93)(H,80,89)(H,81,94)(H,82,97)(H,83,95)(H,84,96)(H,90,91)/t45-,47+,56+,57+,58+,59+,60+,71+/m1/s1. The number of rotatable bonds is 14. The SMILES string of the molecule is C[C@@]12CCCN1C(=O)[C@H](Cc1ccc(O)cc1)NC(=O)[C@H](Cc1cnc[nH]1)NC(=O)[C@H](CC(=O)O)NC(=O)[C@H](CC1=CCc3ccc(F)cc31)NC(=O)[C@H](Cc1c[nH]c3ccc(F)cc13)NC(=O)CNC(=O)[C@H](CCCN)CC(=O)CCSCc1cccc(c1)CSC[C@@H](C(N)=O)CC2=O. The van der Waals surface area contributed by atoms with Crippen LogP contribution in [0.2, 0.25) is 0 Å². The van der Waals surface area contributed by atoms with Crippen LogP contribution in [0.3, 0.4) is 0 Å². The van der Waals surface area contributed by atoms with Gasteiger partial charge in [-0.1, -0.05) is 48.5 Å². The van der Waals surface area contributed by atoms with E-state index in [0.29, 0.717) is 68.8 Å². The molecular formula is C71H82F2N12O13S2. The van der Waals surface area contributed by atoms with Gasteiger partial charge >= 0.3 is 5.97 Å². The molecule has 1 aliphatic carbocycles. The number of hydrogen-bond donors (Lipinski definition) is 12. The van der Waals surface area contributed by atoms with E-state index < -0.39 is 138 Å². The molecule has 1 fully saturated rings. The number of nitrogens with one attached hydrogen (secondary N) is 8. The van der Waals surface area contributed by atoms with Crippen LogP contribution >= 0.6 is 23.5 Å². The summed E-state index contributed by atoms with van der Waals surface area (Å²) in [5.41, 5.74) is 15.1. The van der Waals surface area contributed by atoms with Crippen molar-refractivity contribution in [2.24, 2.45) is 23.3 Å². The lowest BCUT2D eigenvalue weighted by Gasteiger charge is -2.37. The number of fused-ring (bicyclic) bond motifs is 5. The van der Waals surface area contributed by atoms with Crippen LogP contribution in [0, 0.1) is 23.5 Å². The Kier molecular flexibility index (Phi) is 26.0. The van der Waals surface area contributed by atoms with Crippen molar-refractivity contribution in [1.29, 1.82) is 0 Å². The Balaban J connectivity index is 1.05. The minimum atomic E-state index is -2.02. The molecule has 1 saturated heterocycles. The number of ketones is 2. The number of imidazole rings is 1. The summed E-state index contributed by atoms with van der Waals surface area (Å²) in [5, 5.41) is 36.5. The maximum atomic E-state index is 15.2. The average molecular weight is 1410 g/mol. The molecule has 9 rings (SSSR count). The summed E-state index contributed by atoms with van der Waals surface area (Å²) >= 11 is 2.90. The van der Waals surface area contributed by atoms with Crippen LogP contribution in [-0.4, -0.2) is 162 Å². The number of allylic oxidation sites excluding steroid dienone is 1. The number of H-pyrrole nitrogens is 2. The van der Waals surface area contributed by atoms with E-state index in [1.54, 1.807) is 19.1 Å². The van der Waals surface area contributed by atoms with E-state index in [9.17, 15) is 52.6 Å². The van der Waals surface area contributed by atoms with Gasteiger partial charge in [0.15, 0.2) is 5.78 Å². The molecule has 6 aromatic rings. The number of thioether (sulfide) groups is 2. The number of amides is 8. The largest absolute Gasteiger partial charge is 0.508 e. The molecule has 4 heterocycles. The first-order valence-corrected chi connectivity index (χ1v) is 35.3. The lowest BCUT2D eigenvalue weighted by molar-refractivity contribution is -0.146. The average Bonchev–Trinajstić information content (AvgIpc) is 1.57. The van der Waals surface area contributed by atoms with E-state index in [1.165, 1.54) is 102 Å². The predicted octanol–water partition coefficient (Wildman–Crippen LogP) is 4.27. The number of aromatic amines is 2. The number of nitrogens with zero attached hydrogens (tertiary/aromatic N) is 2. The fraction of sp³-hybridized carbons (Fsp3) is 0.408. The summed E-state index contributed by atoms with van der Waals surface area (Å²) in [5.74, 6) is -11.2. The molecule has 530 valence electrons. The van der Waals surface area contributed by atoms with E-state index in [-0.39, 0.29) is 93.9 Å². The Morgan fingerprint density at radius 1 is 0.740 bits per heavy atom. The van der Waals surface area contributed by atoms with Crippen molar-refractivity contribution in [2.75, 3.05) is 31.1 Å². The predicted molar refractivity (Wildman–Crippen MR) is 370 cm³/mol. The first-order chi connectivity index (χ1) is 47.9. The number of halogens is 2. The van der Waals surface area contributed by atoms with Gasteiger partial charge in [-0.25, -0.2) is 13.8 Å². The quantitative estimate of drug-likeness (QED) is 0.0724. The summed E-state index contributed by atoms with van der Waals surface area (Å²) in [6.45, 7) is 1.15. The second-order valence-corrected chi connectivity index (χ2v) is 27.7. The van der Waals surface area contributed by atoms with Gasteiger partial charge in [0.1, 0.15) is 53.4 Å². The fourth-order valence-electron chi connectivity index (χ4n) is 12.7. The maximum absolute atomic E-state index is 15.2. The number of aromatic hydroxyl groups is 1. The Morgan fingerprint density at radius 2 is 1.41 bits per heavy atom. The van der Waals surface area contributed by atoms with Crippen molar-refractivity contribution < 1.29 is 71.7 Å². The Hall–Kier alpha value is -9.74. The Morgan fingerprint density at radius 3 is 2.11 bits per heavy atom. The number of Topliss-reactive ketones (excluding diaryl/α,β-unsaturated/α-hetero) is 2. The molecule has 2 aliphatic heterocycles. The highest BCUT2D eigenvalue weighted by Gasteiger charge is 2.48. The molecule has 25 nitrogen and oxygen atoms in total. The van der Waals surface area contributed by atoms with Crippen molar-refractivity contribution in [3.63, 3.8) is 0 Å². The first-order valence-electron chi connectivity index (χ1n) is 33.0. The van der Waals surface area contributed by atoms with E-state index in [1.807, 2.05) is 24.3 Å².